The van der Waals surface area contributed by atoms with Crippen molar-refractivity contribution in [3.63, 3.8) is 0 Å². The number of amides is 1. The van der Waals surface area contributed by atoms with Gasteiger partial charge in [0.15, 0.2) is 6.61 Å². The summed E-state index contributed by atoms with van der Waals surface area (Å²) in [5.74, 6) is -1.02. The Morgan fingerprint density at radius 3 is 2.63 bits per heavy atom. The molecular weight excluding hydrogens is 346 g/mol. The summed E-state index contributed by atoms with van der Waals surface area (Å²) in [6.07, 6.45) is -0.145. The molecule has 7 nitrogen and oxygen atoms in total. The molecule has 0 atom stereocenters. The van der Waals surface area contributed by atoms with Crippen LogP contribution in [0.25, 0.3) is 10.8 Å². The van der Waals surface area contributed by atoms with Crippen molar-refractivity contribution in [1.82, 2.24) is 10.2 Å². The van der Waals surface area contributed by atoms with E-state index in [1.807, 2.05) is 32.0 Å². The Hall–Kier alpha value is -3.48. The Labute approximate surface area is 155 Å². The lowest BCUT2D eigenvalue weighted by atomic mass is 10.1. The number of H-pyrrole nitrogens is 1. The Bertz CT molecular complexity index is 1070. The number of rotatable bonds is 5. The number of nitrogens with one attached hydrogen (secondary N) is 2. The van der Waals surface area contributed by atoms with Crippen molar-refractivity contribution in [2.45, 2.75) is 20.3 Å². The van der Waals surface area contributed by atoms with Gasteiger partial charge in [0.05, 0.1) is 17.5 Å². The van der Waals surface area contributed by atoms with E-state index in [4.69, 9.17) is 4.74 Å². The number of hydrogen-bond donors (Lipinski definition) is 2. The maximum Gasteiger partial charge on any atom is 0.312 e. The van der Waals surface area contributed by atoms with Gasteiger partial charge in [0.25, 0.3) is 11.5 Å². The summed E-state index contributed by atoms with van der Waals surface area (Å²) in [6.45, 7) is 3.41. The molecule has 0 bridgehead atoms. The fourth-order valence-electron chi connectivity index (χ4n) is 2.70. The smallest absolute Gasteiger partial charge is 0.312 e. The minimum atomic E-state index is -0.601. The van der Waals surface area contributed by atoms with Gasteiger partial charge in [-0.25, -0.2) is 5.10 Å². The molecule has 0 aliphatic carbocycles. The van der Waals surface area contributed by atoms with E-state index in [1.165, 1.54) is 0 Å². The number of aromatic amines is 1. The van der Waals surface area contributed by atoms with Crippen LogP contribution in [-0.4, -0.2) is 28.7 Å². The second kappa shape index (κ2) is 7.82. The molecule has 2 N–H and O–H groups in total. The third-order valence-electron chi connectivity index (χ3n) is 4.12. The van der Waals surface area contributed by atoms with Gasteiger partial charge in [0, 0.05) is 11.1 Å². The molecule has 0 fully saturated rings. The Morgan fingerprint density at radius 1 is 1.11 bits per heavy atom. The van der Waals surface area contributed by atoms with Crippen molar-refractivity contribution in [1.29, 1.82) is 0 Å². The Morgan fingerprint density at radius 2 is 1.85 bits per heavy atom. The van der Waals surface area contributed by atoms with Crippen molar-refractivity contribution in [3.8, 4) is 0 Å². The zero-order valence-electron chi connectivity index (χ0n) is 15.0. The van der Waals surface area contributed by atoms with Gasteiger partial charge in [-0.1, -0.05) is 30.3 Å². The van der Waals surface area contributed by atoms with Gasteiger partial charge in [-0.2, -0.15) is 5.10 Å². The highest BCUT2D eigenvalue weighted by Gasteiger charge is 2.13. The number of benzene rings is 2. The van der Waals surface area contributed by atoms with Crippen LogP contribution >= 0.6 is 0 Å². The lowest BCUT2D eigenvalue weighted by Crippen LogP contribution is -2.22. The standard InChI is InChI=1S/C20H19N3O4/c1-12-7-8-13(2)16(9-12)21-18(24)11-27-19(25)10-17-14-5-3-4-6-15(14)20(26)23-22-17/h3-9H,10-11H2,1-2H3,(H,21,24)(H,23,26). The van der Waals surface area contributed by atoms with Gasteiger partial charge >= 0.3 is 5.97 Å². The van der Waals surface area contributed by atoms with Crippen LogP contribution in [0.5, 0.6) is 0 Å². The van der Waals surface area contributed by atoms with Crippen molar-refractivity contribution < 1.29 is 14.3 Å². The van der Waals surface area contributed by atoms with E-state index in [-0.39, 0.29) is 12.0 Å². The summed E-state index contributed by atoms with van der Waals surface area (Å²) in [5, 5.41) is 10.0. The number of aryl methyl sites for hydroxylation is 2. The quantitative estimate of drug-likeness (QED) is 0.676. The van der Waals surface area contributed by atoms with Crippen molar-refractivity contribution >= 4 is 28.3 Å². The number of carbonyl (C=O) groups excluding carboxylic acids is 2. The molecule has 0 spiro atoms. The maximum absolute atomic E-state index is 12.1. The number of anilines is 1. The van der Waals surface area contributed by atoms with Crippen LogP contribution in [0, 0.1) is 13.8 Å². The number of nitrogens with zero attached hydrogens (tertiary/aromatic N) is 1. The second-order valence-corrected chi connectivity index (χ2v) is 6.25. The topological polar surface area (TPSA) is 101 Å². The van der Waals surface area contributed by atoms with E-state index in [1.54, 1.807) is 24.3 Å². The van der Waals surface area contributed by atoms with E-state index in [0.29, 0.717) is 22.2 Å². The predicted octanol–water partition coefficient (Wildman–Crippen LogP) is 2.26. The second-order valence-electron chi connectivity index (χ2n) is 6.25. The fraction of sp³-hybridized carbons (Fsp3) is 0.200. The van der Waals surface area contributed by atoms with Gasteiger partial charge < -0.3 is 10.1 Å². The molecule has 1 aromatic heterocycles. The number of carbonyl (C=O) groups is 2. The van der Waals surface area contributed by atoms with Crippen molar-refractivity contribution in [3.05, 3.63) is 69.6 Å². The first-order valence-electron chi connectivity index (χ1n) is 8.43. The van der Waals surface area contributed by atoms with E-state index in [2.05, 4.69) is 15.5 Å². The molecule has 1 amide bonds. The first-order valence-corrected chi connectivity index (χ1v) is 8.43. The number of esters is 1. The highest BCUT2D eigenvalue weighted by atomic mass is 16.5. The summed E-state index contributed by atoms with van der Waals surface area (Å²) in [5.41, 5.74) is 2.69. The number of aromatic nitrogens is 2. The molecule has 3 aromatic rings. The van der Waals surface area contributed by atoms with Crippen molar-refractivity contribution in [2.75, 3.05) is 11.9 Å². The summed E-state index contributed by atoms with van der Waals surface area (Å²) in [7, 11) is 0. The Kier molecular flexibility index (Phi) is 5.30. The SMILES string of the molecule is Cc1ccc(C)c(NC(=O)COC(=O)Cc2n[nH]c(=O)c3ccccc23)c1. The van der Waals surface area contributed by atoms with Crippen LogP contribution in [0.1, 0.15) is 16.8 Å². The molecule has 0 radical (unpaired) electrons. The maximum atomic E-state index is 12.1. The number of hydrogen-bond acceptors (Lipinski definition) is 5. The van der Waals surface area contributed by atoms with Gasteiger partial charge in [-0.15, -0.1) is 0 Å². The van der Waals surface area contributed by atoms with E-state index >= 15 is 0 Å². The molecule has 138 valence electrons. The highest BCUT2D eigenvalue weighted by Crippen LogP contribution is 2.16. The van der Waals surface area contributed by atoms with E-state index < -0.39 is 18.5 Å². The zero-order valence-corrected chi connectivity index (χ0v) is 15.0. The molecule has 1 heterocycles. The molecule has 7 heteroatoms. The molecule has 2 aromatic carbocycles. The lowest BCUT2D eigenvalue weighted by molar-refractivity contribution is -0.146. The first kappa shape index (κ1) is 18.3. The minimum absolute atomic E-state index is 0.145. The van der Waals surface area contributed by atoms with Gasteiger partial charge in [0.1, 0.15) is 0 Å². The third kappa shape index (κ3) is 4.38. The molecule has 0 unspecified atom stereocenters. The summed E-state index contributed by atoms with van der Waals surface area (Å²) in [6, 6.07) is 12.6. The van der Waals surface area contributed by atoms with Gasteiger partial charge in [-0.05, 0) is 37.1 Å². The van der Waals surface area contributed by atoms with Crippen LogP contribution < -0.4 is 10.9 Å². The molecule has 27 heavy (non-hydrogen) atoms. The van der Waals surface area contributed by atoms with Crippen LogP contribution in [0.4, 0.5) is 5.69 Å². The lowest BCUT2D eigenvalue weighted by Gasteiger charge is -2.10. The molecule has 0 saturated carbocycles. The monoisotopic (exact) mass is 365 g/mol. The summed E-state index contributed by atoms with van der Waals surface area (Å²) in [4.78, 5) is 35.9. The normalized spacial score (nSPS) is 10.6. The van der Waals surface area contributed by atoms with Crippen LogP contribution in [0.15, 0.2) is 47.3 Å². The molecule has 0 aliphatic heterocycles. The van der Waals surface area contributed by atoms with E-state index in [0.717, 1.165) is 11.1 Å². The predicted molar refractivity (Wildman–Crippen MR) is 102 cm³/mol. The Balaban J connectivity index is 1.62. The average molecular weight is 365 g/mol. The summed E-state index contributed by atoms with van der Waals surface area (Å²) >= 11 is 0. The first-order chi connectivity index (χ1) is 12.9. The van der Waals surface area contributed by atoms with E-state index in [9.17, 15) is 14.4 Å². The highest BCUT2D eigenvalue weighted by molar-refractivity contribution is 5.94. The minimum Gasteiger partial charge on any atom is -0.455 e. The average Bonchev–Trinajstić information content (AvgIpc) is 2.65. The molecule has 0 aliphatic rings. The fourth-order valence-corrected chi connectivity index (χ4v) is 2.70. The van der Waals surface area contributed by atoms with Crippen molar-refractivity contribution in [2.24, 2.45) is 0 Å². The third-order valence-corrected chi connectivity index (χ3v) is 4.12. The largest absolute Gasteiger partial charge is 0.455 e. The molecule has 3 rings (SSSR count). The van der Waals surface area contributed by atoms with Gasteiger partial charge in [0.2, 0.25) is 0 Å². The van der Waals surface area contributed by atoms with Gasteiger partial charge in [-0.3, -0.25) is 14.4 Å². The molecular formula is C20H19N3O4. The number of ether oxygens (including phenoxy) is 1. The zero-order chi connectivity index (χ0) is 19.4. The van der Waals surface area contributed by atoms with Crippen LogP contribution in [0.3, 0.4) is 0 Å². The summed E-state index contributed by atoms with van der Waals surface area (Å²) < 4.78 is 5.05. The molecule has 0 saturated heterocycles. The van der Waals surface area contributed by atoms with Crippen LogP contribution in [0.2, 0.25) is 0 Å². The number of fused-ring (bicyclic) bond motifs is 1. The van der Waals surface area contributed by atoms with Crippen LogP contribution in [-0.2, 0) is 20.7 Å².